The largest absolute Gasteiger partial charge is 0.478 e. The molecule has 2 heterocycles. The Kier molecular flexibility index (Phi) is 3.48. The maximum atomic E-state index is 11.2. The van der Waals surface area contributed by atoms with Crippen LogP contribution in [0.1, 0.15) is 35.3 Å². The molecule has 1 aliphatic heterocycles. The first-order valence-corrected chi connectivity index (χ1v) is 6.78. The van der Waals surface area contributed by atoms with Crippen LogP contribution < -0.4 is 0 Å². The van der Waals surface area contributed by atoms with Crippen LogP contribution in [0.2, 0.25) is 0 Å². The highest BCUT2D eigenvalue weighted by Gasteiger charge is 2.36. The smallest absolute Gasteiger partial charge is 0.337 e. The number of hydrogen-bond acceptors (Lipinski definition) is 4. The molecule has 5 nitrogen and oxygen atoms in total. The molecule has 2 atom stereocenters. The van der Waals surface area contributed by atoms with Crippen molar-refractivity contribution in [2.45, 2.75) is 38.0 Å². The van der Waals surface area contributed by atoms with E-state index in [0.717, 1.165) is 26.0 Å². The summed E-state index contributed by atoms with van der Waals surface area (Å²) in [5.41, 5.74) is 0.964. The maximum absolute atomic E-state index is 11.2. The first kappa shape index (κ1) is 12.6. The third-order valence-corrected chi connectivity index (χ3v) is 4.07. The maximum Gasteiger partial charge on any atom is 0.337 e. The van der Waals surface area contributed by atoms with Crippen molar-refractivity contribution in [1.29, 1.82) is 0 Å². The first-order valence-electron chi connectivity index (χ1n) is 6.78. The molecule has 0 spiro atoms. The van der Waals surface area contributed by atoms with Crippen molar-refractivity contribution >= 4 is 5.97 Å². The van der Waals surface area contributed by atoms with Gasteiger partial charge in [0.15, 0.2) is 0 Å². The molecule has 0 bridgehead atoms. The Morgan fingerprint density at radius 2 is 2.42 bits per heavy atom. The van der Waals surface area contributed by atoms with E-state index in [1.807, 2.05) is 0 Å². The fourth-order valence-corrected chi connectivity index (χ4v) is 3.15. The topological polar surface area (TPSA) is 62.7 Å². The number of aromatic nitrogens is 1. The predicted molar refractivity (Wildman–Crippen MR) is 69.0 cm³/mol. The molecule has 2 aliphatic rings. The van der Waals surface area contributed by atoms with Crippen LogP contribution >= 0.6 is 0 Å². The zero-order valence-electron chi connectivity index (χ0n) is 10.8. The molecule has 1 aromatic rings. The Morgan fingerprint density at radius 1 is 1.53 bits per heavy atom. The molecule has 0 aromatic carbocycles. The van der Waals surface area contributed by atoms with E-state index in [0.29, 0.717) is 29.9 Å². The summed E-state index contributed by atoms with van der Waals surface area (Å²) < 4.78 is 5.77. The molecule has 3 rings (SSSR count). The second-order valence-electron chi connectivity index (χ2n) is 5.18. The van der Waals surface area contributed by atoms with Gasteiger partial charge < -0.3 is 9.84 Å². The summed E-state index contributed by atoms with van der Waals surface area (Å²) in [6.07, 6.45) is 5.44. The minimum absolute atomic E-state index is 0.309. The molecule has 1 aromatic heterocycles. The van der Waals surface area contributed by atoms with Crippen molar-refractivity contribution in [2.24, 2.45) is 0 Å². The van der Waals surface area contributed by atoms with E-state index in [-0.39, 0.29) is 0 Å². The molecule has 1 saturated carbocycles. The molecule has 2 unspecified atom stereocenters. The van der Waals surface area contributed by atoms with Crippen molar-refractivity contribution in [1.82, 2.24) is 9.88 Å². The van der Waals surface area contributed by atoms with Crippen LogP contribution in [-0.2, 0) is 11.3 Å². The number of carboxylic acid groups (broad SMARTS) is 1. The normalized spacial score (nSPS) is 27.2. The Hall–Kier alpha value is -1.46. The summed E-state index contributed by atoms with van der Waals surface area (Å²) in [6.45, 7) is 2.19. The van der Waals surface area contributed by atoms with E-state index in [4.69, 9.17) is 4.74 Å². The van der Waals surface area contributed by atoms with E-state index in [1.54, 1.807) is 18.3 Å². The van der Waals surface area contributed by atoms with E-state index in [9.17, 15) is 9.90 Å². The Morgan fingerprint density at radius 3 is 3.26 bits per heavy atom. The van der Waals surface area contributed by atoms with E-state index >= 15 is 0 Å². The van der Waals surface area contributed by atoms with E-state index in [2.05, 4.69) is 9.88 Å². The second kappa shape index (κ2) is 5.27. The number of pyridine rings is 1. The average Bonchev–Trinajstić information content (AvgIpc) is 2.88. The number of fused-ring (bicyclic) bond motifs is 1. The van der Waals surface area contributed by atoms with Gasteiger partial charge in [0.05, 0.1) is 24.0 Å². The number of hydrogen-bond donors (Lipinski definition) is 1. The third-order valence-electron chi connectivity index (χ3n) is 4.07. The molecule has 0 radical (unpaired) electrons. The van der Waals surface area contributed by atoms with Crippen molar-refractivity contribution in [3.63, 3.8) is 0 Å². The highest BCUT2D eigenvalue weighted by atomic mass is 16.5. The van der Waals surface area contributed by atoms with Crippen LogP contribution in [0.4, 0.5) is 0 Å². The number of morpholine rings is 1. The molecule has 1 saturated heterocycles. The highest BCUT2D eigenvalue weighted by molar-refractivity contribution is 5.88. The Labute approximate surface area is 112 Å². The average molecular weight is 262 g/mol. The van der Waals surface area contributed by atoms with Crippen molar-refractivity contribution in [2.75, 3.05) is 13.2 Å². The van der Waals surface area contributed by atoms with E-state index in [1.165, 1.54) is 6.42 Å². The Bertz CT molecular complexity index is 478. The zero-order valence-corrected chi connectivity index (χ0v) is 10.8. The molecule has 1 N–H and O–H groups in total. The summed E-state index contributed by atoms with van der Waals surface area (Å²) in [7, 11) is 0. The molecule has 102 valence electrons. The molecule has 2 fully saturated rings. The van der Waals surface area contributed by atoms with Crippen LogP contribution in [0.3, 0.4) is 0 Å². The summed E-state index contributed by atoms with van der Waals surface area (Å²) in [4.78, 5) is 17.8. The number of rotatable bonds is 3. The van der Waals surface area contributed by atoms with Crippen molar-refractivity contribution in [3.8, 4) is 0 Å². The van der Waals surface area contributed by atoms with Crippen LogP contribution in [0.15, 0.2) is 18.3 Å². The van der Waals surface area contributed by atoms with Gasteiger partial charge in [0.25, 0.3) is 0 Å². The molecule has 1 aliphatic carbocycles. The molecular weight excluding hydrogens is 244 g/mol. The van der Waals surface area contributed by atoms with Gasteiger partial charge in [-0.25, -0.2) is 4.79 Å². The third kappa shape index (κ3) is 2.48. The lowest BCUT2D eigenvalue weighted by Crippen LogP contribution is -2.48. The number of ether oxygens (including phenoxy) is 1. The lowest BCUT2D eigenvalue weighted by Gasteiger charge is -2.37. The molecule has 0 amide bonds. The van der Waals surface area contributed by atoms with Gasteiger partial charge >= 0.3 is 5.97 Å². The minimum atomic E-state index is -0.903. The lowest BCUT2D eigenvalue weighted by molar-refractivity contribution is -0.0592. The van der Waals surface area contributed by atoms with Crippen molar-refractivity contribution in [3.05, 3.63) is 29.6 Å². The van der Waals surface area contributed by atoms with Crippen LogP contribution in [0, 0.1) is 0 Å². The summed E-state index contributed by atoms with van der Waals surface area (Å²) in [5, 5.41) is 9.20. The van der Waals surface area contributed by atoms with Gasteiger partial charge in [-0.3, -0.25) is 9.88 Å². The minimum Gasteiger partial charge on any atom is -0.478 e. The van der Waals surface area contributed by atoms with Crippen LogP contribution in [0.25, 0.3) is 0 Å². The quantitative estimate of drug-likeness (QED) is 0.895. The first-order chi connectivity index (χ1) is 9.25. The highest BCUT2D eigenvalue weighted by Crippen LogP contribution is 2.30. The number of nitrogens with zero attached hydrogens (tertiary/aromatic N) is 2. The Balaban J connectivity index is 1.79. The van der Waals surface area contributed by atoms with Crippen LogP contribution in [-0.4, -0.2) is 46.3 Å². The van der Waals surface area contributed by atoms with Gasteiger partial charge in [-0.1, -0.05) is 0 Å². The fourth-order valence-electron chi connectivity index (χ4n) is 3.15. The van der Waals surface area contributed by atoms with Gasteiger partial charge in [0.2, 0.25) is 0 Å². The molecule has 5 heteroatoms. The summed E-state index contributed by atoms with van der Waals surface area (Å²) in [6, 6.07) is 3.72. The SMILES string of the molecule is O=C(O)c1cccnc1CN1CCOC2CCCC21. The predicted octanol–water partition coefficient (Wildman–Crippen LogP) is 1.53. The number of aromatic carboxylic acids is 1. The standard InChI is InChI=1S/C14H18N2O3/c17-14(18)10-3-2-6-15-11(10)9-16-7-8-19-13-5-1-4-12(13)16/h2-3,6,12-13H,1,4-5,7-9H2,(H,17,18). The second-order valence-corrected chi connectivity index (χ2v) is 5.18. The monoisotopic (exact) mass is 262 g/mol. The summed E-state index contributed by atoms with van der Waals surface area (Å²) >= 11 is 0. The lowest BCUT2D eigenvalue weighted by atomic mass is 10.1. The summed E-state index contributed by atoms with van der Waals surface area (Å²) in [5.74, 6) is -0.903. The van der Waals surface area contributed by atoms with Gasteiger partial charge in [-0.2, -0.15) is 0 Å². The van der Waals surface area contributed by atoms with Crippen molar-refractivity contribution < 1.29 is 14.6 Å². The van der Waals surface area contributed by atoms with E-state index < -0.39 is 5.97 Å². The molecular formula is C14H18N2O3. The fraction of sp³-hybridized carbons (Fsp3) is 0.571. The molecule has 19 heavy (non-hydrogen) atoms. The van der Waals surface area contributed by atoms with Gasteiger partial charge in [0.1, 0.15) is 0 Å². The van der Waals surface area contributed by atoms with Crippen LogP contribution in [0.5, 0.6) is 0 Å². The van der Waals surface area contributed by atoms with Gasteiger partial charge in [-0.05, 0) is 31.4 Å². The number of carbonyl (C=O) groups is 1. The zero-order chi connectivity index (χ0) is 13.2. The number of carboxylic acids is 1. The van der Waals surface area contributed by atoms with Gasteiger partial charge in [-0.15, -0.1) is 0 Å². The van der Waals surface area contributed by atoms with Gasteiger partial charge in [0, 0.05) is 25.3 Å².